The van der Waals surface area contributed by atoms with Crippen LogP contribution in [0.15, 0.2) is 18.2 Å². The van der Waals surface area contributed by atoms with Crippen LogP contribution in [0.2, 0.25) is 0 Å². The summed E-state index contributed by atoms with van der Waals surface area (Å²) < 4.78 is 5.44. The average Bonchev–Trinajstić information content (AvgIpc) is 2.91. The molecule has 0 bridgehead atoms. The first kappa shape index (κ1) is 21.9. The van der Waals surface area contributed by atoms with E-state index in [4.69, 9.17) is 4.74 Å². The van der Waals surface area contributed by atoms with Crippen LogP contribution in [-0.2, 0) is 4.74 Å². The fraction of sp³-hybridized carbons (Fsp3) is 0.682. The molecule has 0 aromatic heterocycles. The molecule has 162 valence electrons. The van der Waals surface area contributed by atoms with Crippen LogP contribution in [0.1, 0.15) is 49.9 Å². The summed E-state index contributed by atoms with van der Waals surface area (Å²) in [6, 6.07) is 4.88. The monoisotopic (exact) mass is 405 g/mol. The number of hydrogen-bond donors (Lipinski definition) is 3. The van der Waals surface area contributed by atoms with Gasteiger partial charge in [0.1, 0.15) is 5.75 Å². The zero-order valence-corrected chi connectivity index (χ0v) is 17.6. The van der Waals surface area contributed by atoms with Crippen molar-refractivity contribution in [3.05, 3.63) is 23.8 Å². The van der Waals surface area contributed by atoms with Gasteiger partial charge in [0.15, 0.2) is 0 Å². The second-order valence-corrected chi connectivity index (χ2v) is 7.94. The van der Waals surface area contributed by atoms with Gasteiger partial charge in [-0.15, -0.1) is 0 Å². The van der Waals surface area contributed by atoms with Crippen molar-refractivity contribution in [1.29, 1.82) is 0 Å². The minimum Gasteiger partial charge on any atom is -0.507 e. The normalized spacial score (nSPS) is 26.0. The maximum absolute atomic E-state index is 12.9. The maximum Gasteiger partial charge on any atom is 0.255 e. The Balaban J connectivity index is 1.69. The summed E-state index contributed by atoms with van der Waals surface area (Å²) in [7, 11) is 0. The van der Waals surface area contributed by atoms with Crippen molar-refractivity contribution in [2.24, 2.45) is 0 Å². The van der Waals surface area contributed by atoms with E-state index in [0.717, 1.165) is 57.5 Å². The van der Waals surface area contributed by atoms with Crippen molar-refractivity contribution in [3.63, 3.8) is 0 Å². The number of anilines is 1. The van der Waals surface area contributed by atoms with E-state index in [2.05, 4.69) is 29.0 Å². The highest BCUT2D eigenvalue weighted by molar-refractivity contribution is 5.97. The van der Waals surface area contributed by atoms with Gasteiger partial charge in [0.2, 0.25) is 0 Å². The standard InChI is InChI=1S/C22H35N3O4/c1-3-24(4-2)16-9-10-17(20(26)15-16)22(28)23-18-7-5-6-8-19(21(18)27)25-11-13-29-14-12-25/h9-10,15,18-19,21,26-27H,3-8,11-14H2,1-2H3,(H,23,28)/t18-,19-,21-/m1/s1. The molecule has 0 spiro atoms. The van der Waals surface area contributed by atoms with Gasteiger partial charge in [-0.1, -0.05) is 12.8 Å². The van der Waals surface area contributed by atoms with E-state index in [9.17, 15) is 15.0 Å². The first-order valence-corrected chi connectivity index (χ1v) is 10.9. The van der Waals surface area contributed by atoms with E-state index >= 15 is 0 Å². The Kier molecular flexibility index (Phi) is 7.75. The van der Waals surface area contributed by atoms with Gasteiger partial charge in [-0.2, -0.15) is 0 Å². The number of aliphatic hydroxyl groups excluding tert-OH is 1. The average molecular weight is 406 g/mol. The number of phenols is 1. The fourth-order valence-corrected chi connectivity index (χ4v) is 4.54. The van der Waals surface area contributed by atoms with Gasteiger partial charge >= 0.3 is 0 Å². The third-order valence-electron chi connectivity index (χ3n) is 6.26. The molecule has 1 aromatic carbocycles. The molecule has 1 amide bonds. The Hall–Kier alpha value is -1.83. The van der Waals surface area contributed by atoms with Crippen LogP contribution in [0.25, 0.3) is 0 Å². The molecule has 7 nitrogen and oxygen atoms in total. The molecule has 0 radical (unpaired) electrons. The van der Waals surface area contributed by atoms with Crippen molar-refractivity contribution in [3.8, 4) is 5.75 Å². The number of hydrogen-bond acceptors (Lipinski definition) is 6. The SMILES string of the molecule is CCN(CC)c1ccc(C(=O)N[C@@H]2CCCC[C@@H](N3CCOCC3)[C@@H]2O)c(O)c1. The van der Waals surface area contributed by atoms with E-state index in [0.29, 0.717) is 13.2 Å². The summed E-state index contributed by atoms with van der Waals surface area (Å²) in [6.45, 7) is 8.78. The van der Waals surface area contributed by atoms with Gasteiger partial charge in [0.25, 0.3) is 5.91 Å². The van der Waals surface area contributed by atoms with E-state index in [1.165, 1.54) is 0 Å². The molecule has 2 fully saturated rings. The van der Waals surface area contributed by atoms with E-state index in [-0.39, 0.29) is 29.3 Å². The molecule has 2 aliphatic rings. The molecule has 1 saturated carbocycles. The van der Waals surface area contributed by atoms with Crippen molar-refractivity contribution in [2.75, 3.05) is 44.3 Å². The largest absolute Gasteiger partial charge is 0.507 e. The van der Waals surface area contributed by atoms with Gasteiger partial charge in [-0.05, 0) is 38.8 Å². The summed E-state index contributed by atoms with van der Waals surface area (Å²) >= 11 is 0. The molecule has 1 aliphatic carbocycles. The minimum absolute atomic E-state index is 0.0280. The number of aliphatic hydroxyl groups is 1. The minimum atomic E-state index is -0.628. The third-order valence-corrected chi connectivity index (χ3v) is 6.26. The van der Waals surface area contributed by atoms with Crippen LogP contribution in [0, 0.1) is 0 Å². The molecule has 1 heterocycles. The number of rotatable bonds is 6. The van der Waals surface area contributed by atoms with Gasteiger partial charge in [-0.25, -0.2) is 0 Å². The lowest BCUT2D eigenvalue weighted by Crippen LogP contribution is -2.55. The molecule has 3 atom stereocenters. The number of aromatic hydroxyl groups is 1. The van der Waals surface area contributed by atoms with Crippen molar-refractivity contribution in [2.45, 2.75) is 57.7 Å². The van der Waals surface area contributed by atoms with Crippen LogP contribution in [-0.4, -0.2) is 78.6 Å². The lowest BCUT2D eigenvalue weighted by Gasteiger charge is -2.38. The predicted octanol–water partition coefficient (Wildman–Crippen LogP) is 1.97. The van der Waals surface area contributed by atoms with Crippen LogP contribution in [0.3, 0.4) is 0 Å². The maximum atomic E-state index is 12.9. The summed E-state index contributed by atoms with van der Waals surface area (Å²) in [5.41, 5.74) is 1.14. The van der Waals surface area contributed by atoms with Crippen molar-refractivity contribution < 1.29 is 19.7 Å². The van der Waals surface area contributed by atoms with Crippen LogP contribution >= 0.6 is 0 Å². The molecular formula is C22H35N3O4. The molecule has 3 N–H and O–H groups in total. The number of nitrogens with one attached hydrogen (secondary N) is 1. The summed E-state index contributed by atoms with van der Waals surface area (Å²) in [5.74, 6) is -0.361. The second kappa shape index (κ2) is 10.3. The quantitative estimate of drug-likeness (QED) is 0.628. The van der Waals surface area contributed by atoms with Crippen LogP contribution in [0.4, 0.5) is 5.69 Å². The molecular weight excluding hydrogens is 370 g/mol. The Morgan fingerprint density at radius 2 is 1.90 bits per heavy atom. The molecule has 3 rings (SSSR count). The summed E-state index contributed by atoms with van der Waals surface area (Å²) in [4.78, 5) is 17.3. The number of carbonyl (C=O) groups is 1. The number of nitrogens with zero attached hydrogens (tertiary/aromatic N) is 2. The number of carbonyl (C=O) groups excluding carboxylic acids is 1. The number of ether oxygens (including phenoxy) is 1. The number of morpholine rings is 1. The van der Waals surface area contributed by atoms with E-state index in [1.807, 2.05) is 6.07 Å². The number of phenolic OH excluding ortho intramolecular Hbond substituents is 1. The topological polar surface area (TPSA) is 85.3 Å². The third kappa shape index (κ3) is 5.21. The van der Waals surface area contributed by atoms with Crippen molar-refractivity contribution in [1.82, 2.24) is 10.2 Å². The number of benzene rings is 1. The predicted molar refractivity (Wildman–Crippen MR) is 114 cm³/mol. The lowest BCUT2D eigenvalue weighted by molar-refractivity contribution is -0.0308. The van der Waals surface area contributed by atoms with E-state index in [1.54, 1.807) is 12.1 Å². The first-order chi connectivity index (χ1) is 14.0. The Labute approximate surface area is 173 Å². The van der Waals surface area contributed by atoms with Gasteiger partial charge in [0.05, 0.1) is 30.9 Å². The molecule has 1 aliphatic heterocycles. The van der Waals surface area contributed by atoms with Gasteiger partial charge in [0, 0.05) is 44.0 Å². The second-order valence-electron chi connectivity index (χ2n) is 7.94. The first-order valence-electron chi connectivity index (χ1n) is 10.9. The fourth-order valence-electron chi connectivity index (χ4n) is 4.54. The van der Waals surface area contributed by atoms with Gasteiger partial charge in [-0.3, -0.25) is 9.69 Å². The lowest BCUT2D eigenvalue weighted by atomic mass is 9.99. The Morgan fingerprint density at radius 3 is 2.55 bits per heavy atom. The zero-order chi connectivity index (χ0) is 20.8. The Bertz CT molecular complexity index is 674. The molecule has 0 unspecified atom stereocenters. The highest BCUT2D eigenvalue weighted by Crippen LogP contribution is 2.27. The highest BCUT2D eigenvalue weighted by atomic mass is 16.5. The molecule has 29 heavy (non-hydrogen) atoms. The summed E-state index contributed by atoms with van der Waals surface area (Å²) in [6.07, 6.45) is 3.05. The zero-order valence-electron chi connectivity index (χ0n) is 17.6. The highest BCUT2D eigenvalue weighted by Gasteiger charge is 2.35. The molecule has 7 heteroatoms. The van der Waals surface area contributed by atoms with Crippen LogP contribution < -0.4 is 10.2 Å². The molecule has 1 aromatic rings. The van der Waals surface area contributed by atoms with Crippen LogP contribution in [0.5, 0.6) is 5.75 Å². The molecule has 1 saturated heterocycles. The summed E-state index contributed by atoms with van der Waals surface area (Å²) in [5, 5.41) is 24.5. The number of amides is 1. The Morgan fingerprint density at radius 1 is 1.21 bits per heavy atom. The smallest absolute Gasteiger partial charge is 0.255 e. The van der Waals surface area contributed by atoms with E-state index < -0.39 is 6.10 Å². The van der Waals surface area contributed by atoms with Crippen molar-refractivity contribution >= 4 is 11.6 Å². The van der Waals surface area contributed by atoms with Gasteiger partial charge < -0.3 is 25.2 Å².